The second-order valence-corrected chi connectivity index (χ2v) is 5.33. The van der Waals surface area contributed by atoms with Crippen LogP contribution in [0.15, 0.2) is 41.4 Å². The topological polar surface area (TPSA) is 72.0 Å². The van der Waals surface area contributed by atoms with Gasteiger partial charge in [-0.25, -0.2) is 18.4 Å². The molecule has 0 fully saturated rings. The number of rotatable bonds is 3. The lowest BCUT2D eigenvalue weighted by Crippen LogP contribution is -2.14. The number of nitrogens with zero attached hydrogens (tertiary/aromatic N) is 2. The third-order valence-corrected chi connectivity index (χ3v) is 3.52. The molecule has 0 amide bonds. The van der Waals surface area contributed by atoms with E-state index >= 15 is 0 Å². The number of hydrogen-bond donors (Lipinski definition) is 1. The minimum Gasteiger partial charge on any atom is -0.263 e. The van der Waals surface area contributed by atoms with Crippen molar-refractivity contribution in [2.45, 2.75) is 4.90 Å². The van der Waals surface area contributed by atoms with Crippen LogP contribution >= 0.6 is 11.6 Å². The lowest BCUT2D eigenvalue weighted by molar-refractivity contribution is 0.584. The van der Waals surface area contributed by atoms with E-state index in [0.717, 1.165) is 6.07 Å². The zero-order valence-corrected chi connectivity index (χ0v) is 10.4. The van der Waals surface area contributed by atoms with Gasteiger partial charge in [-0.1, -0.05) is 17.7 Å². The van der Waals surface area contributed by atoms with Crippen molar-refractivity contribution in [2.24, 2.45) is 0 Å². The maximum Gasteiger partial charge on any atom is 0.263 e. The highest BCUT2D eigenvalue weighted by Crippen LogP contribution is 2.16. The Balaban J connectivity index is 2.33. The van der Waals surface area contributed by atoms with Crippen molar-refractivity contribution in [1.82, 2.24) is 9.97 Å². The van der Waals surface area contributed by atoms with Gasteiger partial charge in [0.05, 0.1) is 4.90 Å². The second kappa shape index (κ2) is 4.87. The Morgan fingerprint density at radius 2 is 2.06 bits per heavy atom. The molecule has 0 aliphatic rings. The van der Waals surface area contributed by atoms with Crippen LogP contribution in [0.1, 0.15) is 0 Å². The highest BCUT2D eigenvalue weighted by atomic mass is 35.5. The molecule has 0 aliphatic carbocycles. The molecule has 18 heavy (non-hydrogen) atoms. The van der Waals surface area contributed by atoms with Gasteiger partial charge in [0.15, 0.2) is 0 Å². The standard InChI is InChI=1S/C10H7ClFN3O2S/c11-8-6-7(4-5-13-8)18(16,17)15-10-3-1-2-9(12)14-10/h1-6H,(H,14,15). The van der Waals surface area contributed by atoms with Crippen LogP contribution in [0.5, 0.6) is 0 Å². The normalized spacial score (nSPS) is 11.2. The molecular formula is C10H7ClFN3O2S. The van der Waals surface area contributed by atoms with Gasteiger partial charge in [0.2, 0.25) is 5.95 Å². The summed E-state index contributed by atoms with van der Waals surface area (Å²) in [5, 5.41) is 0.0464. The van der Waals surface area contributed by atoms with Gasteiger partial charge in [0, 0.05) is 6.20 Å². The molecule has 0 radical (unpaired) electrons. The zero-order chi connectivity index (χ0) is 13.2. The summed E-state index contributed by atoms with van der Waals surface area (Å²) >= 11 is 5.60. The third-order valence-electron chi connectivity index (χ3n) is 1.96. The van der Waals surface area contributed by atoms with Crippen LogP contribution in [0.4, 0.5) is 10.2 Å². The molecule has 94 valence electrons. The first-order chi connectivity index (χ1) is 8.47. The lowest BCUT2D eigenvalue weighted by Gasteiger charge is -2.06. The maximum absolute atomic E-state index is 12.8. The van der Waals surface area contributed by atoms with Crippen molar-refractivity contribution in [3.05, 3.63) is 47.6 Å². The van der Waals surface area contributed by atoms with E-state index in [-0.39, 0.29) is 15.9 Å². The summed E-state index contributed by atoms with van der Waals surface area (Å²) in [6.45, 7) is 0. The molecule has 8 heteroatoms. The lowest BCUT2D eigenvalue weighted by atomic mass is 10.5. The van der Waals surface area contributed by atoms with Crippen LogP contribution in [0, 0.1) is 5.95 Å². The monoisotopic (exact) mass is 287 g/mol. The summed E-state index contributed by atoms with van der Waals surface area (Å²) in [6, 6.07) is 6.25. The van der Waals surface area contributed by atoms with Crippen LogP contribution in [-0.4, -0.2) is 18.4 Å². The smallest absolute Gasteiger partial charge is 0.263 e. The molecule has 5 nitrogen and oxygen atoms in total. The molecule has 0 aromatic carbocycles. The van der Waals surface area contributed by atoms with Gasteiger partial charge in [0.25, 0.3) is 10.0 Å². The van der Waals surface area contributed by atoms with Crippen molar-refractivity contribution >= 4 is 27.4 Å². The number of halogens is 2. The summed E-state index contributed by atoms with van der Waals surface area (Å²) < 4.78 is 38.8. The van der Waals surface area contributed by atoms with E-state index < -0.39 is 16.0 Å². The number of nitrogens with one attached hydrogen (secondary N) is 1. The van der Waals surface area contributed by atoms with Gasteiger partial charge in [-0.2, -0.15) is 4.39 Å². The number of sulfonamides is 1. The summed E-state index contributed by atoms with van der Waals surface area (Å²) in [4.78, 5) is 7.00. The van der Waals surface area contributed by atoms with Crippen molar-refractivity contribution in [3.63, 3.8) is 0 Å². The van der Waals surface area contributed by atoms with E-state index in [4.69, 9.17) is 11.6 Å². The third kappa shape index (κ3) is 2.93. The average molecular weight is 288 g/mol. The van der Waals surface area contributed by atoms with Crippen LogP contribution in [0.3, 0.4) is 0 Å². The Labute approximate surface area is 108 Å². The molecule has 1 N–H and O–H groups in total. The van der Waals surface area contributed by atoms with Crippen molar-refractivity contribution in [3.8, 4) is 0 Å². The van der Waals surface area contributed by atoms with E-state index in [0.29, 0.717) is 0 Å². The molecule has 0 bridgehead atoms. The van der Waals surface area contributed by atoms with E-state index in [1.807, 2.05) is 0 Å². The van der Waals surface area contributed by atoms with Gasteiger partial charge >= 0.3 is 0 Å². The van der Waals surface area contributed by atoms with Crippen molar-refractivity contribution in [2.75, 3.05) is 4.72 Å². The van der Waals surface area contributed by atoms with Crippen LogP contribution in [0.2, 0.25) is 5.15 Å². The first kappa shape index (κ1) is 12.7. The second-order valence-electron chi connectivity index (χ2n) is 3.27. The fourth-order valence-electron chi connectivity index (χ4n) is 1.21. The van der Waals surface area contributed by atoms with Gasteiger partial charge in [-0.05, 0) is 24.3 Å². The number of aromatic nitrogens is 2. The maximum atomic E-state index is 12.8. The highest BCUT2D eigenvalue weighted by Gasteiger charge is 2.15. The van der Waals surface area contributed by atoms with E-state index in [2.05, 4.69) is 14.7 Å². The first-order valence-electron chi connectivity index (χ1n) is 4.74. The fraction of sp³-hybridized carbons (Fsp3) is 0. The summed E-state index contributed by atoms with van der Waals surface area (Å²) in [7, 11) is -3.86. The Kier molecular flexibility index (Phi) is 3.44. The summed E-state index contributed by atoms with van der Waals surface area (Å²) in [5.74, 6) is -0.883. The van der Waals surface area contributed by atoms with Crippen molar-refractivity contribution < 1.29 is 12.8 Å². The Morgan fingerprint density at radius 3 is 2.72 bits per heavy atom. The Morgan fingerprint density at radius 1 is 1.28 bits per heavy atom. The van der Waals surface area contributed by atoms with Crippen LogP contribution in [0.25, 0.3) is 0 Å². The molecular weight excluding hydrogens is 281 g/mol. The summed E-state index contributed by atoms with van der Waals surface area (Å²) in [6.07, 6.45) is 1.26. The molecule has 0 spiro atoms. The van der Waals surface area contributed by atoms with Crippen LogP contribution in [-0.2, 0) is 10.0 Å². The highest BCUT2D eigenvalue weighted by molar-refractivity contribution is 7.92. The largest absolute Gasteiger partial charge is 0.263 e. The van der Waals surface area contributed by atoms with E-state index in [1.54, 1.807) is 0 Å². The van der Waals surface area contributed by atoms with Gasteiger partial charge < -0.3 is 0 Å². The molecule has 2 aromatic rings. The summed E-state index contributed by atoms with van der Waals surface area (Å²) in [5.41, 5.74) is 0. The quantitative estimate of drug-likeness (QED) is 0.877. The molecule has 2 heterocycles. The van der Waals surface area contributed by atoms with E-state index in [9.17, 15) is 12.8 Å². The predicted octanol–water partition coefficient (Wildman–Crippen LogP) is 2.07. The number of anilines is 1. The number of hydrogen-bond acceptors (Lipinski definition) is 4. The molecule has 0 atom stereocenters. The molecule has 0 unspecified atom stereocenters. The van der Waals surface area contributed by atoms with Gasteiger partial charge in [0.1, 0.15) is 11.0 Å². The predicted molar refractivity (Wildman–Crippen MR) is 64.3 cm³/mol. The van der Waals surface area contributed by atoms with Crippen molar-refractivity contribution in [1.29, 1.82) is 0 Å². The Bertz CT molecular complexity index is 678. The molecule has 2 aromatic heterocycles. The van der Waals surface area contributed by atoms with Gasteiger partial charge in [-0.15, -0.1) is 0 Å². The molecule has 0 saturated carbocycles. The van der Waals surface area contributed by atoms with E-state index in [1.165, 1.54) is 30.5 Å². The minimum absolute atomic E-state index is 0.0464. The SMILES string of the molecule is O=S(=O)(Nc1cccc(F)n1)c1ccnc(Cl)c1. The number of pyridine rings is 2. The average Bonchev–Trinajstić information content (AvgIpc) is 2.28. The minimum atomic E-state index is -3.86. The van der Waals surface area contributed by atoms with Gasteiger partial charge in [-0.3, -0.25) is 4.72 Å². The zero-order valence-electron chi connectivity index (χ0n) is 8.84. The fourth-order valence-corrected chi connectivity index (χ4v) is 2.47. The Hall–Kier alpha value is -1.73. The molecule has 0 saturated heterocycles. The first-order valence-corrected chi connectivity index (χ1v) is 6.60. The molecule has 2 rings (SSSR count). The molecule has 0 aliphatic heterocycles. The van der Waals surface area contributed by atoms with Crippen LogP contribution < -0.4 is 4.72 Å².